The molecule has 0 unspecified atom stereocenters. The third kappa shape index (κ3) is 4.42. The number of rotatable bonds is 5. The Morgan fingerprint density at radius 1 is 1.16 bits per heavy atom. The lowest BCUT2D eigenvalue weighted by molar-refractivity contribution is -0.120. The Balaban J connectivity index is 1.63. The Bertz CT molecular complexity index is 1180. The predicted octanol–water partition coefficient (Wildman–Crippen LogP) is 3.73. The third-order valence-corrected chi connectivity index (χ3v) is 4.75. The van der Waals surface area contributed by atoms with Gasteiger partial charge in [-0.05, 0) is 36.4 Å². The van der Waals surface area contributed by atoms with Crippen LogP contribution in [0.3, 0.4) is 0 Å². The third-order valence-electron chi connectivity index (χ3n) is 4.75. The second-order valence-corrected chi connectivity index (χ2v) is 6.82. The van der Waals surface area contributed by atoms with Crippen LogP contribution in [0.5, 0.6) is 5.75 Å². The summed E-state index contributed by atoms with van der Waals surface area (Å²) >= 11 is 0. The molecule has 0 bridgehead atoms. The normalized spacial score (nSPS) is 13.2. The zero-order valence-electron chi connectivity index (χ0n) is 16.7. The number of carbonyl (C=O) groups excluding carboxylic acids is 2. The molecule has 156 valence electrons. The molecule has 1 aliphatic rings. The van der Waals surface area contributed by atoms with Gasteiger partial charge in [-0.25, -0.2) is 14.4 Å². The maximum atomic E-state index is 13.9. The minimum atomic E-state index is -0.555. The van der Waals surface area contributed by atoms with Gasteiger partial charge in [-0.15, -0.1) is 0 Å². The van der Waals surface area contributed by atoms with Crippen LogP contribution < -0.4 is 15.0 Å². The summed E-state index contributed by atoms with van der Waals surface area (Å²) in [6, 6.07) is 16.5. The van der Waals surface area contributed by atoms with Gasteiger partial charge in [0.1, 0.15) is 23.8 Å². The van der Waals surface area contributed by atoms with Crippen LogP contribution in [0.2, 0.25) is 0 Å². The summed E-state index contributed by atoms with van der Waals surface area (Å²) in [6.45, 7) is -0.321. The van der Waals surface area contributed by atoms with E-state index in [1.807, 2.05) is 12.1 Å². The van der Waals surface area contributed by atoms with Crippen molar-refractivity contribution in [3.8, 4) is 5.75 Å². The number of ether oxygens (including phenoxy) is 1. The fourth-order valence-corrected chi connectivity index (χ4v) is 3.25. The number of nitrogens with zero attached hydrogens (tertiary/aromatic N) is 3. The molecule has 0 saturated heterocycles. The molecule has 3 aromatic rings. The van der Waals surface area contributed by atoms with E-state index in [0.717, 1.165) is 5.56 Å². The highest BCUT2D eigenvalue weighted by Crippen LogP contribution is 2.31. The van der Waals surface area contributed by atoms with Crippen molar-refractivity contribution in [2.45, 2.75) is 6.42 Å². The number of nitrogens with one attached hydrogen (secondary N) is 1. The Hall–Kier alpha value is -4.07. The van der Waals surface area contributed by atoms with Gasteiger partial charge < -0.3 is 10.1 Å². The number of methoxy groups -OCH3 is 1. The molecule has 0 spiro atoms. The van der Waals surface area contributed by atoms with E-state index < -0.39 is 11.7 Å². The Morgan fingerprint density at radius 3 is 2.81 bits per heavy atom. The van der Waals surface area contributed by atoms with Crippen molar-refractivity contribution in [2.24, 2.45) is 4.99 Å². The zero-order valence-corrected chi connectivity index (χ0v) is 16.7. The van der Waals surface area contributed by atoms with Gasteiger partial charge in [0.15, 0.2) is 5.82 Å². The molecule has 1 aliphatic heterocycles. The average molecular weight is 418 g/mol. The molecule has 0 fully saturated rings. The largest absolute Gasteiger partial charge is 0.497 e. The minimum Gasteiger partial charge on any atom is -0.497 e. The van der Waals surface area contributed by atoms with E-state index in [9.17, 15) is 14.0 Å². The summed E-state index contributed by atoms with van der Waals surface area (Å²) < 4.78 is 19.1. The lowest BCUT2D eigenvalue weighted by atomic mass is 10.1. The molecule has 1 aromatic heterocycles. The molecule has 0 saturated carbocycles. The second-order valence-electron chi connectivity index (χ2n) is 6.82. The number of aliphatic imine (C=N–C) groups is 1. The topological polar surface area (TPSA) is 83.9 Å². The number of halogens is 1. The van der Waals surface area contributed by atoms with Crippen LogP contribution in [0.4, 0.5) is 21.6 Å². The lowest BCUT2D eigenvalue weighted by Crippen LogP contribution is -2.39. The molecule has 4 rings (SSSR count). The predicted molar refractivity (Wildman–Crippen MR) is 115 cm³/mol. The van der Waals surface area contributed by atoms with E-state index in [0.29, 0.717) is 17.1 Å². The monoisotopic (exact) mass is 418 g/mol. The first-order valence-electron chi connectivity index (χ1n) is 9.57. The molecule has 8 heteroatoms. The van der Waals surface area contributed by atoms with Gasteiger partial charge in [0.05, 0.1) is 24.9 Å². The lowest BCUT2D eigenvalue weighted by Gasteiger charge is -2.20. The number of anilines is 2. The van der Waals surface area contributed by atoms with Crippen LogP contribution in [0.1, 0.15) is 12.0 Å². The standard InChI is InChI=1S/C23H19FN4O3/c1-31-16-7-4-6-15(12-16)20-13-22(30)28(23-19(26-20)10-5-11-25-23)14-21(29)27-18-9-3-2-8-17(18)24/h2-12H,13-14H2,1H3,(H,27,29). The first kappa shape index (κ1) is 20.2. The van der Waals surface area contributed by atoms with E-state index in [4.69, 9.17) is 4.74 Å². The maximum absolute atomic E-state index is 13.9. The van der Waals surface area contributed by atoms with Gasteiger partial charge in [-0.3, -0.25) is 14.5 Å². The Morgan fingerprint density at radius 2 is 2.00 bits per heavy atom. The highest BCUT2D eigenvalue weighted by Gasteiger charge is 2.28. The highest BCUT2D eigenvalue weighted by molar-refractivity contribution is 6.18. The molecule has 7 nitrogen and oxygen atoms in total. The summed E-state index contributed by atoms with van der Waals surface area (Å²) in [6.07, 6.45) is 1.50. The molecule has 0 radical (unpaired) electrons. The van der Waals surface area contributed by atoms with Crippen molar-refractivity contribution in [2.75, 3.05) is 23.9 Å². The molecule has 0 atom stereocenters. The van der Waals surface area contributed by atoms with Gasteiger partial charge in [0, 0.05) is 11.8 Å². The van der Waals surface area contributed by atoms with Crippen molar-refractivity contribution in [3.63, 3.8) is 0 Å². The average Bonchev–Trinajstić information content (AvgIpc) is 2.92. The Kier molecular flexibility index (Phi) is 5.70. The quantitative estimate of drug-likeness (QED) is 0.684. The van der Waals surface area contributed by atoms with Gasteiger partial charge in [0.2, 0.25) is 11.8 Å². The molecule has 31 heavy (non-hydrogen) atoms. The van der Waals surface area contributed by atoms with Gasteiger partial charge in [-0.2, -0.15) is 0 Å². The number of fused-ring (bicyclic) bond motifs is 1. The number of carbonyl (C=O) groups is 2. The van der Waals surface area contributed by atoms with Gasteiger partial charge in [-0.1, -0.05) is 24.3 Å². The molecule has 2 heterocycles. The molecular formula is C23H19FN4O3. The summed E-state index contributed by atoms with van der Waals surface area (Å²) in [5.41, 5.74) is 1.78. The van der Waals surface area contributed by atoms with Crippen LogP contribution in [0.15, 0.2) is 71.9 Å². The van der Waals surface area contributed by atoms with E-state index >= 15 is 0 Å². The number of aromatic nitrogens is 1. The SMILES string of the molecule is COc1cccc(C2=Nc3cccnc3N(CC(=O)Nc3ccccc3F)C(=O)C2)c1. The number of amides is 2. The summed E-state index contributed by atoms with van der Waals surface area (Å²) in [7, 11) is 1.56. The van der Waals surface area contributed by atoms with E-state index in [1.54, 1.807) is 37.4 Å². The molecule has 1 N–H and O–H groups in total. The van der Waals surface area contributed by atoms with Crippen molar-refractivity contribution in [1.82, 2.24) is 4.98 Å². The van der Waals surface area contributed by atoms with Gasteiger partial charge in [0.25, 0.3) is 0 Å². The minimum absolute atomic E-state index is 0.0312. The zero-order chi connectivity index (χ0) is 21.8. The fraction of sp³-hybridized carbons (Fsp3) is 0.130. The Labute approximate surface area is 178 Å². The fourth-order valence-electron chi connectivity index (χ4n) is 3.25. The summed E-state index contributed by atoms with van der Waals surface area (Å²) in [4.78, 5) is 35.8. The second kappa shape index (κ2) is 8.74. The smallest absolute Gasteiger partial charge is 0.244 e. The first-order chi connectivity index (χ1) is 15.0. The molecule has 0 aliphatic carbocycles. The van der Waals surface area contributed by atoms with Crippen LogP contribution in [-0.4, -0.2) is 36.2 Å². The van der Waals surface area contributed by atoms with Crippen molar-refractivity contribution in [1.29, 1.82) is 0 Å². The first-order valence-corrected chi connectivity index (χ1v) is 9.57. The number of hydrogen-bond acceptors (Lipinski definition) is 5. The van der Waals surface area contributed by atoms with Crippen molar-refractivity contribution < 1.29 is 18.7 Å². The highest BCUT2D eigenvalue weighted by atomic mass is 19.1. The van der Waals surface area contributed by atoms with Crippen molar-refractivity contribution >= 4 is 34.7 Å². The number of benzene rings is 2. The number of para-hydroxylation sites is 1. The van der Waals surface area contributed by atoms with E-state index in [2.05, 4.69) is 15.3 Å². The number of pyridine rings is 1. The molecular weight excluding hydrogens is 399 g/mol. The number of hydrogen-bond donors (Lipinski definition) is 1. The van der Waals surface area contributed by atoms with Crippen LogP contribution in [-0.2, 0) is 9.59 Å². The molecule has 2 aromatic carbocycles. The molecule has 2 amide bonds. The van der Waals surface area contributed by atoms with E-state index in [-0.39, 0.29) is 30.4 Å². The van der Waals surface area contributed by atoms with Crippen LogP contribution >= 0.6 is 0 Å². The van der Waals surface area contributed by atoms with Gasteiger partial charge >= 0.3 is 0 Å². The maximum Gasteiger partial charge on any atom is 0.244 e. The van der Waals surface area contributed by atoms with Crippen LogP contribution in [0.25, 0.3) is 0 Å². The summed E-state index contributed by atoms with van der Waals surface area (Å²) in [5, 5.41) is 2.50. The summed E-state index contributed by atoms with van der Waals surface area (Å²) in [5.74, 6) is -0.527. The van der Waals surface area contributed by atoms with E-state index in [1.165, 1.54) is 29.3 Å². The van der Waals surface area contributed by atoms with Crippen molar-refractivity contribution in [3.05, 3.63) is 78.2 Å². The van der Waals surface area contributed by atoms with Crippen LogP contribution in [0, 0.1) is 5.82 Å².